The largest absolute Gasteiger partial charge is 0.506 e. The van der Waals surface area contributed by atoms with Gasteiger partial charge in [-0.15, -0.1) is 0 Å². The van der Waals surface area contributed by atoms with Crippen LogP contribution in [0.3, 0.4) is 0 Å². The number of amidine groups is 1. The number of nitrogens with zero attached hydrogens (tertiary/aromatic N) is 2. The van der Waals surface area contributed by atoms with Crippen molar-refractivity contribution in [3.05, 3.63) is 34.5 Å². The first-order valence-corrected chi connectivity index (χ1v) is 5.40. The van der Waals surface area contributed by atoms with Gasteiger partial charge in [-0.3, -0.25) is 9.69 Å². The normalized spacial score (nSPS) is 17.8. The van der Waals surface area contributed by atoms with Gasteiger partial charge in [-0.2, -0.15) is 0 Å². The number of aromatic hydroxyl groups is 1. The van der Waals surface area contributed by atoms with Crippen LogP contribution >= 0.6 is 11.6 Å². The lowest BCUT2D eigenvalue weighted by Crippen LogP contribution is -2.25. The van der Waals surface area contributed by atoms with Crippen molar-refractivity contribution in [2.24, 2.45) is 4.99 Å². The van der Waals surface area contributed by atoms with Gasteiger partial charge in [0.15, 0.2) is 0 Å². The molecule has 1 aromatic rings. The molecular formula is C12H11ClN2O2. The minimum atomic E-state index is -0.147. The van der Waals surface area contributed by atoms with Crippen LogP contribution in [0.5, 0.6) is 5.75 Å². The van der Waals surface area contributed by atoms with Crippen LogP contribution in [0.25, 0.3) is 6.08 Å². The lowest BCUT2D eigenvalue weighted by Gasteiger charge is -2.06. The first kappa shape index (κ1) is 11.7. The molecule has 0 unspecified atom stereocenters. The molecule has 0 aromatic heterocycles. The summed E-state index contributed by atoms with van der Waals surface area (Å²) in [4.78, 5) is 17.4. The van der Waals surface area contributed by atoms with Gasteiger partial charge in [0, 0.05) is 7.05 Å². The van der Waals surface area contributed by atoms with Gasteiger partial charge in [-0.1, -0.05) is 17.7 Å². The number of phenolic OH excluding ortho intramolecular Hbond substituents is 1. The molecule has 1 N–H and O–H groups in total. The summed E-state index contributed by atoms with van der Waals surface area (Å²) in [7, 11) is 1.67. The Morgan fingerprint density at radius 2 is 2.18 bits per heavy atom. The van der Waals surface area contributed by atoms with E-state index in [1.165, 1.54) is 11.0 Å². The highest BCUT2D eigenvalue weighted by Crippen LogP contribution is 2.25. The molecule has 1 heterocycles. The van der Waals surface area contributed by atoms with Gasteiger partial charge in [0.05, 0.1) is 5.02 Å². The van der Waals surface area contributed by atoms with Crippen molar-refractivity contribution in [3.63, 3.8) is 0 Å². The zero-order chi connectivity index (χ0) is 12.6. The molecule has 0 atom stereocenters. The molecule has 0 saturated carbocycles. The van der Waals surface area contributed by atoms with Gasteiger partial charge < -0.3 is 5.11 Å². The van der Waals surface area contributed by atoms with Gasteiger partial charge in [0.1, 0.15) is 17.3 Å². The fourth-order valence-corrected chi connectivity index (χ4v) is 1.67. The van der Waals surface area contributed by atoms with E-state index >= 15 is 0 Å². The number of carbonyl (C=O) groups is 1. The Hall–Kier alpha value is -1.81. The maximum absolute atomic E-state index is 11.7. The van der Waals surface area contributed by atoms with E-state index in [2.05, 4.69) is 4.99 Å². The van der Waals surface area contributed by atoms with E-state index in [4.69, 9.17) is 11.6 Å². The Labute approximate surface area is 104 Å². The third-order valence-electron chi connectivity index (χ3n) is 2.57. The fraction of sp³-hybridized carbons (Fsp3) is 0.167. The summed E-state index contributed by atoms with van der Waals surface area (Å²) in [6, 6.07) is 4.74. The summed E-state index contributed by atoms with van der Waals surface area (Å²) in [6.07, 6.45) is 1.64. The first-order valence-electron chi connectivity index (χ1n) is 5.02. The summed E-state index contributed by atoms with van der Waals surface area (Å²) in [5.74, 6) is 0.529. The Morgan fingerprint density at radius 1 is 1.47 bits per heavy atom. The van der Waals surface area contributed by atoms with Crippen molar-refractivity contribution in [3.8, 4) is 5.75 Å². The lowest BCUT2D eigenvalue weighted by atomic mass is 10.2. The Morgan fingerprint density at radius 3 is 2.71 bits per heavy atom. The molecule has 0 aliphatic carbocycles. The number of halogens is 1. The molecule has 0 fully saturated rings. The first-order chi connectivity index (χ1) is 7.99. The van der Waals surface area contributed by atoms with Crippen LogP contribution in [0.1, 0.15) is 12.5 Å². The maximum Gasteiger partial charge on any atom is 0.277 e. The number of aliphatic imine (C=N–C) groups is 1. The molecule has 5 heteroatoms. The van der Waals surface area contributed by atoms with Crippen molar-refractivity contribution < 1.29 is 9.90 Å². The standard InChI is InChI=1S/C12H11ClN2O2/c1-7-14-10(12(17)15(7)2)6-8-3-4-11(16)9(13)5-8/h3-6,16H,1-2H3/b10-6-. The van der Waals surface area contributed by atoms with E-state index in [1.54, 1.807) is 32.2 Å². The highest BCUT2D eigenvalue weighted by Gasteiger charge is 2.23. The number of rotatable bonds is 1. The molecule has 4 nitrogen and oxygen atoms in total. The van der Waals surface area contributed by atoms with Gasteiger partial charge in [0.25, 0.3) is 5.91 Å². The summed E-state index contributed by atoms with van der Waals surface area (Å²) in [6.45, 7) is 1.77. The van der Waals surface area contributed by atoms with E-state index in [1.807, 2.05) is 0 Å². The zero-order valence-corrected chi connectivity index (χ0v) is 10.2. The van der Waals surface area contributed by atoms with Crippen molar-refractivity contribution in [1.29, 1.82) is 0 Å². The van der Waals surface area contributed by atoms with Crippen LogP contribution in [0.4, 0.5) is 0 Å². The predicted molar refractivity (Wildman–Crippen MR) is 67.0 cm³/mol. The van der Waals surface area contributed by atoms with Crippen LogP contribution in [0, 0.1) is 0 Å². The van der Waals surface area contributed by atoms with E-state index in [0.29, 0.717) is 11.5 Å². The second kappa shape index (κ2) is 4.22. The predicted octanol–water partition coefficient (Wildman–Crippen LogP) is 2.28. The number of hydrogen-bond donors (Lipinski definition) is 1. The van der Waals surface area contributed by atoms with Crippen molar-refractivity contribution in [2.45, 2.75) is 6.92 Å². The van der Waals surface area contributed by atoms with E-state index in [-0.39, 0.29) is 16.7 Å². The average Bonchev–Trinajstić information content (AvgIpc) is 2.52. The van der Waals surface area contributed by atoms with Crippen molar-refractivity contribution >= 4 is 29.4 Å². The number of likely N-dealkylation sites (N-methyl/N-ethyl adjacent to an activating group) is 1. The van der Waals surface area contributed by atoms with Crippen LogP contribution in [0.2, 0.25) is 5.02 Å². The smallest absolute Gasteiger partial charge is 0.277 e. The summed E-state index contributed by atoms with van der Waals surface area (Å²) in [5.41, 5.74) is 1.09. The zero-order valence-electron chi connectivity index (χ0n) is 9.44. The number of phenols is 1. The van der Waals surface area contributed by atoms with E-state index in [9.17, 15) is 9.90 Å². The summed E-state index contributed by atoms with van der Waals surface area (Å²) in [5, 5.41) is 9.53. The van der Waals surface area contributed by atoms with Gasteiger partial charge in [-0.05, 0) is 30.7 Å². The van der Waals surface area contributed by atoms with E-state index in [0.717, 1.165) is 5.56 Å². The SMILES string of the molecule is CC1=N/C(=C\c2ccc(O)c(Cl)c2)C(=O)N1C. The molecule has 1 aliphatic heterocycles. The Kier molecular flexibility index (Phi) is 2.90. The molecule has 0 bridgehead atoms. The number of benzene rings is 1. The molecule has 1 aliphatic rings. The molecule has 1 amide bonds. The minimum Gasteiger partial charge on any atom is -0.506 e. The Balaban J connectivity index is 2.37. The maximum atomic E-state index is 11.7. The molecule has 0 radical (unpaired) electrons. The number of amides is 1. The molecule has 2 rings (SSSR count). The monoisotopic (exact) mass is 250 g/mol. The molecule has 17 heavy (non-hydrogen) atoms. The van der Waals surface area contributed by atoms with Crippen molar-refractivity contribution in [1.82, 2.24) is 4.90 Å². The van der Waals surface area contributed by atoms with E-state index < -0.39 is 0 Å². The fourth-order valence-electron chi connectivity index (χ4n) is 1.48. The van der Waals surface area contributed by atoms with Crippen molar-refractivity contribution in [2.75, 3.05) is 7.05 Å². The third kappa shape index (κ3) is 2.17. The summed E-state index contributed by atoms with van der Waals surface area (Å²) >= 11 is 5.78. The Bertz CT molecular complexity index is 549. The second-order valence-corrected chi connectivity index (χ2v) is 4.17. The highest BCUT2D eigenvalue weighted by molar-refractivity contribution is 6.32. The number of carbonyl (C=O) groups excluding carboxylic acids is 1. The van der Waals surface area contributed by atoms with Crippen LogP contribution in [-0.2, 0) is 4.79 Å². The average molecular weight is 251 g/mol. The third-order valence-corrected chi connectivity index (χ3v) is 2.87. The van der Waals surface area contributed by atoms with Gasteiger partial charge in [0.2, 0.25) is 0 Å². The number of hydrogen-bond acceptors (Lipinski definition) is 3. The second-order valence-electron chi connectivity index (χ2n) is 3.76. The minimum absolute atomic E-state index is 0.0170. The molecular weight excluding hydrogens is 240 g/mol. The molecule has 88 valence electrons. The van der Waals surface area contributed by atoms with Crippen LogP contribution in [-0.4, -0.2) is 28.8 Å². The van der Waals surface area contributed by atoms with Crippen LogP contribution in [0.15, 0.2) is 28.9 Å². The van der Waals surface area contributed by atoms with Gasteiger partial charge >= 0.3 is 0 Å². The molecule has 0 saturated heterocycles. The highest BCUT2D eigenvalue weighted by atomic mass is 35.5. The van der Waals surface area contributed by atoms with Crippen LogP contribution < -0.4 is 0 Å². The topological polar surface area (TPSA) is 52.9 Å². The quantitative estimate of drug-likeness (QED) is 0.778. The molecule has 0 spiro atoms. The summed E-state index contributed by atoms with van der Waals surface area (Å²) < 4.78 is 0. The molecule has 1 aromatic carbocycles. The lowest BCUT2D eigenvalue weighted by molar-refractivity contribution is -0.121. The van der Waals surface area contributed by atoms with Gasteiger partial charge in [-0.25, -0.2) is 4.99 Å².